The smallest absolute Gasteiger partial charge is 0.302 e. The summed E-state index contributed by atoms with van der Waals surface area (Å²) in [6, 6.07) is 12.4. The molecule has 3 rings (SSSR count). The number of nitrogens with zero attached hydrogens (tertiary/aromatic N) is 2. The van der Waals surface area contributed by atoms with Crippen LogP contribution in [0.15, 0.2) is 66.3 Å². The summed E-state index contributed by atoms with van der Waals surface area (Å²) >= 11 is 0. The minimum Gasteiger partial charge on any atom is -0.302 e. The first kappa shape index (κ1) is 22.1. The summed E-state index contributed by atoms with van der Waals surface area (Å²) < 4.78 is 42.0. The molecule has 0 fully saturated rings. The monoisotopic (exact) mass is 415 g/mol. The lowest BCUT2D eigenvalue weighted by Gasteiger charge is -2.19. The van der Waals surface area contributed by atoms with Crippen molar-refractivity contribution in [3.8, 4) is 0 Å². The molecule has 1 aliphatic heterocycles. The van der Waals surface area contributed by atoms with Crippen LogP contribution in [0.2, 0.25) is 0 Å². The molecule has 0 aliphatic carbocycles. The average molecular weight is 416 g/mol. The molecule has 0 saturated heterocycles. The quantitative estimate of drug-likeness (QED) is 0.521. The molecule has 30 heavy (non-hydrogen) atoms. The number of hydrogen-bond acceptors (Lipinski definition) is 2. The fourth-order valence-corrected chi connectivity index (χ4v) is 3.77. The van der Waals surface area contributed by atoms with Crippen molar-refractivity contribution >= 4 is 5.57 Å². The molecule has 0 radical (unpaired) electrons. The first-order chi connectivity index (χ1) is 14.3. The maximum atomic E-state index is 13.4. The Labute approximate surface area is 176 Å². The molecule has 1 aromatic heterocycles. The van der Waals surface area contributed by atoms with E-state index in [2.05, 4.69) is 29.5 Å². The molecule has 2 atom stereocenters. The first-order valence-electron chi connectivity index (χ1n) is 10.3. The van der Waals surface area contributed by atoms with Gasteiger partial charge >= 0.3 is 6.18 Å². The lowest BCUT2D eigenvalue weighted by Crippen LogP contribution is -2.23. The normalized spacial score (nSPS) is 18.8. The van der Waals surface area contributed by atoms with Gasteiger partial charge in [-0.15, -0.1) is 0 Å². The van der Waals surface area contributed by atoms with Crippen molar-refractivity contribution in [1.29, 1.82) is 0 Å². The largest absolute Gasteiger partial charge is 0.416 e. The second-order valence-corrected chi connectivity index (χ2v) is 7.48. The van der Waals surface area contributed by atoms with Gasteiger partial charge in [0.25, 0.3) is 0 Å². The molecule has 0 bridgehead atoms. The number of allylic oxidation sites excluding steroid dienone is 6. The van der Waals surface area contributed by atoms with Crippen LogP contribution in [0.3, 0.4) is 0 Å². The lowest BCUT2D eigenvalue weighted by atomic mass is 10.0. The predicted octanol–water partition coefficient (Wildman–Crippen LogP) is 6.54. The molecular formula is C24H28F3N3. The SMILES string of the molecule is C\C=C/C(=C\C(=C\CC)C(F)(F)F)c1cc2n(n1)CCC2NC(C)c1ccccc1. The second-order valence-electron chi connectivity index (χ2n) is 7.48. The van der Waals surface area contributed by atoms with Gasteiger partial charge in [0, 0.05) is 18.2 Å². The van der Waals surface area contributed by atoms with E-state index in [1.165, 1.54) is 17.7 Å². The van der Waals surface area contributed by atoms with Gasteiger partial charge in [-0.2, -0.15) is 18.3 Å². The van der Waals surface area contributed by atoms with Crippen LogP contribution in [0.25, 0.3) is 5.57 Å². The second kappa shape index (κ2) is 9.47. The van der Waals surface area contributed by atoms with Gasteiger partial charge in [0.15, 0.2) is 0 Å². The maximum Gasteiger partial charge on any atom is 0.416 e. The van der Waals surface area contributed by atoms with E-state index in [4.69, 9.17) is 0 Å². The molecular weight excluding hydrogens is 387 g/mol. The summed E-state index contributed by atoms with van der Waals surface area (Å²) in [6.45, 7) is 6.35. The highest BCUT2D eigenvalue weighted by molar-refractivity contribution is 5.74. The van der Waals surface area contributed by atoms with Gasteiger partial charge in [-0.05, 0) is 44.4 Å². The van der Waals surface area contributed by atoms with E-state index < -0.39 is 11.7 Å². The zero-order valence-electron chi connectivity index (χ0n) is 17.6. The van der Waals surface area contributed by atoms with Crippen LogP contribution in [-0.2, 0) is 6.54 Å². The van der Waals surface area contributed by atoms with Gasteiger partial charge in [-0.1, -0.05) is 55.5 Å². The molecule has 2 heterocycles. The van der Waals surface area contributed by atoms with E-state index in [1.807, 2.05) is 28.9 Å². The molecule has 160 valence electrons. The Kier molecular flexibility index (Phi) is 6.98. The third-order valence-electron chi connectivity index (χ3n) is 5.25. The van der Waals surface area contributed by atoms with Crippen molar-refractivity contribution in [1.82, 2.24) is 15.1 Å². The highest BCUT2D eigenvalue weighted by atomic mass is 19.4. The van der Waals surface area contributed by atoms with Crippen LogP contribution in [-0.4, -0.2) is 16.0 Å². The molecule has 1 aliphatic rings. The van der Waals surface area contributed by atoms with E-state index >= 15 is 0 Å². The van der Waals surface area contributed by atoms with Gasteiger partial charge < -0.3 is 5.32 Å². The highest BCUT2D eigenvalue weighted by Crippen LogP contribution is 2.33. The molecule has 2 unspecified atom stereocenters. The highest BCUT2D eigenvalue weighted by Gasteiger charge is 2.32. The lowest BCUT2D eigenvalue weighted by molar-refractivity contribution is -0.0883. The molecule has 0 saturated carbocycles. The average Bonchev–Trinajstić information content (AvgIpc) is 3.29. The fraction of sp³-hybridized carbons (Fsp3) is 0.375. The van der Waals surface area contributed by atoms with E-state index in [1.54, 1.807) is 26.0 Å². The van der Waals surface area contributed by atoms with Gasteiger partial charge in [0.1, 0.15) is 0 Å². The van der Waals surface area contributed by atoms with Gasteiger partial charge in [0.05, 0.1) is 23.0 Å². The Morgan fingerprint density at radius 2 is 2.03 bits per heavy atom. The third kappa shape index (κ3) is 5.11. The summed E-state index contributed by atoms with van der Waals surface area (Å²) in [6.07, 6.45) is 2.66. The molecule has 0 amide bonds. The van der Waals surface area contributed by atoms with Gasteiger partial charge in [-0.3, -0.25) is 4.68 Å². The number of nitrogens with one attached hydrogen (secondary N) is 1. The number of halogens is 3. The summed E-state index contributed by atoms with van der Waals surface area (Å²) in [4.78, 5) is 0. The van der Waals surface area contributed by atoms with Crippen LogP contribution >= 0.6 is 0 Å². The Bertz CT molecular complexity index is 936. The summed E-state index contributed by atoms with van der Waals surface area (Å²) in [5.41, 5.74) is 2.60. The number of rotatable bonds is 7. The standard InChI is InChI=1S/C24H28F3N3/c1-4-9-19(15-20(10-5-2)24(25,26)27)22-16-23-21(13-14-30(23)29-22)28-17(3)18-11-7-6-8-12-18/h4,6-12,15-17,21,28H,5,13-14H2,1-3H3/b9-4-,19-15+,20-10-. The Balaban J connectivity index is 1.87. The predicted molar refractivity (Wildman–Crippen MR) is 115 cm³/mol. The van der Waals surface area contributed by atoms with E-state index in [0.29, 0.717) is 17.7 Å². The Morgan fingerprint density at radius 1 is 1.30 bits per heavy atom. The van der Waals surface area contributed by atoms with E-state index in [9.17, 15) is 13.2 Å². The van der Waals surface area contributed by atoms with Crippen molar-refractivity contribution < 1.29 is 13.2 Å². The number of aromatic nitrogens is 2. The summed E-state index contributed by atoms with van der Waals surface area (Å²) in [5, 5.41) is 8.23. The van der Waals surface area contributed by atoms with Crippen molar-refractivity contribution in [2.24, 2.45) is 0 Å². The van der Waals surface area contributed by atoms with Gasteiger partial charge in [0.2, 0.25) is 0 Å². The van der Waals surface area contributed by atoms with E-state index in [0.717, 1.165) is 18.7 Å². The Hall–Kier alpha value is -2.60. The van der Waals surface area contributed by atoms with Crippen LogP contribution in [0.5, 0.6) is 0 Å². The van der Waals surface area contributed by atoms with Crippen LogP contribution in [0.4, 0.5) is 13.2 Å². The number of aryl methyl sites for hydroxylation is 1. The van der Waals surface area contributed by atoms with Crippen LogP contribution in [0.1, 0.15) is 62.6 Å². The van der Waals surface area contributed by atoms with Crippen molar-refractivity contribution in [2.45, 2.75) is 58.4 Å². The van der Waals surface area contributed by atoms with Crippen LogP contribution < -0.4 is 5.32 Å². The minimum absolute atomic E-state index is 0.113. The summed E-state index contributed by atoms with van der Waals surface area (Å²) in [7, 11) is 0. The zero-order chi connectivity index (χ0) is 21.7. The third-order valence-corrected chi connectivity index (χ3v) is 5.25. The molecule has 1 N–H and O–H groups in total. The molecule has 6 heteroatoms. The summed E-state index contributed by atoms with van der Waals surface area (Å²) in [5.74, 6) is 0. The number of fused-ring (bicyclic) bond motifs is 1. The minimum atomic E-state index is -4.39. The maximum absolute atomic E-state index is 13.4. The van der Waals surface area contributed by atoms with Crippen LogP contribution in [0, 0.1) is 0 Å². The number of benzene rings is 1. The Morgan fingerprint density at radius 3 is 2.67 bits per heavy atom. The van der Waals surface area contributed by atoms with Crippen molar-refractivity contribution in [3.05, 3.63) is 83.2 Å². The molecule has 3 nitrogen and oxygen atoms in total. The van der Waals surface area contributed by atoms with Gasteiger partial charge in [-0.25, -0.2) is 0 Å². The first-order valence-corrected chi connectivity index (χ1v) is 10.3. The fourth-order valence-electron chi connectivity index (χ4n) is 3.77. The van der Waals surface area contributed by atoms with E-state index in [-0.39, 0.29) is 12.1 Å². The van der Waals surface area contributed by atoms with Crippen molar-refractivity contribution in [3.63, 3.8) is 0 Å². The number of hydrogen-bond donors (Lipinski definition) is 1. The topological polar surface area (TPSA) is 29.9 Å². The zero-order valence-corrected chi connectivity index (χ0v) is 17.6. The molecule has 2 aromatic rings. The number of alkyl halides is 3. The molecule has 1 aromatic carbocycles. The molecule has 0 spiro atoms. The van der Waals surface area contributed by atoms with Crippen molar-refractivity contribution in [2.75, 3.05) is 0 Å².